The van der Waals surface area contributed by atoms with E-state index in [-0.39, 0.29) is 24.0 Å². The zero-order chi connectivity index (χ0) is 16.0. The maximum Gasteiger partial charge on any atom is 0.113 e. The second kappa shape index (κ2) is 8.97. The highest BCUT2D eigenvalue weighted by molar-refractivity contribution is 7.95. The number of nitriles is 1. The average molecular weight is 443 g/mol. The van der Waals surface area contributed by atoms with E-state index in [0.717, 1.165) is 6.16 Å². The van der Waals surface area contributed by atoms with E-state index >= 15 is 0 Å². The van der Waals surface area contributed by atoms with Crippen molar-refractivity contribution in [2.24, 2.45) is 0 Å². The Labute approximate surface area is 161 Å². The van der Waals surface area contributed by atoms with Crippen LogP contribution < -0.4 is 39.9 Å². The van der Waals surface area contributed by atoms with E-state index in [0.29, 0.717) is 6.42 Å². The third-order valence-electron chi connectivity index (χ3n) is 4.15. The van der Waals surface area contributed by atoms with E-state index in [1.165, 1.54) is 15.9 Å². The molecule has 0 radical (unpaired) electrons. The third kappa shape index (κ3) is 3.69. The minimum absolute atomic E-state index is 0. The van der Waals surface area contributed by atoms with Crippen molar-refractivity contribution in [3.05, 3.63) is 91.0 Å². The lowest BCUT2D eigenvalue weighted by molar-refractivity contribution is -0.00000471. The monoisotopic (exact) mass is 443 g/mol. The fraction of sp³-hybridized carbons (Fsp3) is 0.0952. The maximum absolute atomic E-state index is 9.24. The molecule has 3 heteroatoms. The van der Waals surface area contributed by atoms with E-state index in [2.05, 4.69) is 97.1 Å². The average Bonchev–Trinajstić information content (AvgIpc) is 2.65. The van der Waals surface area contributed by atoms with Gasteiger partial charge in [-0.25, -0.2) is 0 Å². The van der Waals surface area contributed by atoms with Gasteiger partial charge in [-0.15, -0.1) is 0 Å². The van der Waals surface area contributed by atoms with Gasteiger partial charge in [0.2, 0.25) is 0 Å². The standard InChI is InChI=1S/C21H19NP.HI/c22-17-10-18-23(19-11-4-1-5-12-19,20-13-6-2-7-14-20)21-15-8-3-9-16-21;/h1-9,11-16H,10,18H2;1H/q+1;/p-1. The Morgan fingerprint density at radius 3 is 1.25 bits per heavy atom. The molecule has 0 aliphatic heterocycles. The van der Waals surface area contributed by atoms with Crippen molar-refractivity contribution in [1.82, 2.24) is 0 Å². The fourth-order valence-corrected chi connectivity index (χ4v) is 7.25. The Morgan fingerprint density at radius 2 is 0.958 bits per heavy atom. The zero-order valence-corrected chi connectivity index (χ0v) is 16.4. The highest BCUT2D eigenvalue weighted by Crippen LogP contribution is 2.55. The topological polar surface area (TPSA) is 23.8 Å². The van der Waals surface area contributed by atoms with Gasteiger partial charge in [-0.3, -0.25) is 0 Å². The van der Waals surface area contributed by atoms with E-state index in [1.54, 1.807) is 0 Å². The van der Waals surface area contributed by atoms with Gasteiger partial charge in [-0.2, -0.15) is 5.26 Å². The molecule has 0 spiro atoms. The first kappa shape index (κ1) is 18.6. The van der Waals surface area contributed by atoms with Gasteiger partial charge in [0.05, 0.1) is 18.7 Å². The molecule has 0 amide bonds. The van der Waals surface area contributed by atoms with Crippen molar-refractivity contribution in [3.8, 4) is 6.07 Å². The molecule has 120 valence electrons. The van der Waals surface area contributed by atoms with Crippen molar-refractivity contribution in [2.75, 3.05) is 6.16 Å². The van der Waals surface area contributed by atoms with Gasteiger partial charge < -0.3 is 24.0 Å². The van der Waals surface area contributed by atoms with Crippen molar-refractivity contribution in [2.45, 2.75) is 6.42 Å². The lowest BCUT2D eigenvalue weighted by Crippen LogP contribution is -3.00. The van der Waals surface area contributed by atoms with Gasteiger partial charge in [-0.1, -0.05) is 54.6 Å². The van der Waals surface area contributed by atoms with E-state index in [4.69, 9.17) is 0 Å². The molecule has 0 heterocycles. The summed E-state index contributed by atoms with van der Waals surface area (Å²) in [6.07, 6.45) is 1.44. The SMILES string of the molecule is N#CCC[P+](c1ccccc1)(c1ccccc1)c1ccccc1.[I-]. The Hall–Kier alpha value is -1.69. The summed E-state index contributed by atoms with van der Waals surface area (Å²) < 4.78 is 0. The highest BCUT2D eigenvalue weighted by Gasteiger charge is 2.44. The first-order chi connectivity index (χ1) is 11.4. The summed E-state index contributed by atoms with van der Waals surface area (Å²) >= 11 is 0. The normalized spacial score (nSPS) is 10.5. The van der Waals surface area contributed by atoms with Crippen LogP contribution in [0.1, 0.15) is 6.42 Å². The quantitative estimate of drug-likeness (QED) is 0.425. The van der Waals surface area contributed by atoms with Gasteiger partial charge >= 0.3 is 0 Å². The van der Waals surface area contributed by atoms with Crippen LogP contribution in [0.4, 0.5) is 0 Å². The summed E-state index contributed by atoms with van der Waals surface area (Å²) in [5.41, 5.74) is 0. The molecule has 0 saturated heterocycles. The van der Waals surface area contributed by atoms with Crippen LogP contribution in [-0.2, 0) is 0 Å². The number of nitrogens with zero attached hydrogens (tertiary/aromatic N) is 1. The minimum Gasteiger partial charge on any atom is -1.00 e. The molecule has 3 aromatic rings. The Morgan fingerprint density at radius 1 is 0.625 bits per heavy atom. The van der Waals surface area contributed by atoms with Crippen LogP contribution >= 0.6 is 7.26 Å². The molecule has 1 nitrogen and oxygen atoms in total. The molecule has 3 rings (SSSR count). The predicted octanol–water partition coefficient (Wildman–Crippen LogP) is 0.898. The van der Waals surface area contributed by atoms with Gasteiger partial charge in [-0.05, 0) is 36.4 Å². The van der Waals surface area contributed by atoms with E-state index in [1.807, 2.05) is 0 Å². The van der Waals surface area contributed by atoms with Crippen LogP contribution in [0, 0.1) is 11.3 Å². The van der Waals surface area contributed by atoms with Gasteiger partial charge in [0.15, 0.2) is 0 Å². The second-order valence-corrected chi connectivity index (χ2v) is 9.06. The van der Waals surface area contributed by atoms with Crippen LogP contribution in [0.3, 0.4) is 0 Å². The van der Waals surface area contributed by atoms with Gasteiger partial charge in [0, 0.05) is 0 Å². The number of hydrogen-bond donors (Lipinski definition) is 0. The molecule has 0 aliphatic rings. The number of halogens is 1. The molecular formula is C21H19INP. The summed E-state index contributed by atoms with van der Waals surface area (Å²) in [6, 6.07) is 34.4. The fourth-order valence-electron chi connectivity index (χ4n) is 3.10. The summed E-state index contributed by atoms with van der Waals surface area (Å²) in [5.74, 6) is 0. The predicted molar refractivity (Wildman–Crippen MR) is 100 cm³/mol. The summed E-state index contributed by atoms with van der Waals surface area (Å²) in [4.78, 5) is 0. The van der Waals surface area contributed by atoms with Crippen LogP contribution in [0.15, 0.2) is 91.0 Å². The molecule has 0 aliphatic carbocycles. The molecule has 0 saturated carbocycles. The molecule has 0 unspecified atom stereocenters. The van der Waals surface area contributed by atoms with Crippen molar-refractivity contribution in [1.29, 1.82) is 5.26 Å². The lowest BCUT2D eigenvalue weighted by Gasteiger charge is -2.26. The molecule has 0 atom stereocenters. The van der Waals surface area contributed by atoms with Crippen LogP contribution in [0.25, 0.3) is 0 Å². The van der Waals surface area contributed by atoms with Crippen LogP contribution in [0.5, 0.6) is 0 Å². The number of benzene rings is 3. The van der Waals surface area contributed by atoms with Crippen LogP contribution in [-0.4, -0.2) is 6.16 Å². The Bertz CT molecular complexity index is 686. The van der Waals surface area contributed by atoms with Gasteiger partial charge in [0.1, 0.15) is 23.2 Å². The molecule has 24 heavy (non-hydrogen) atoms. The van der Waals surface area contributed by atoms with E-state index < -0.39 is 7.26 Å². The summed E-state index contributed by atoms with van der Waals surface area (Å²) in [7, 11) is -1.79. The van der Waals surface area contributed by atoms with Crippen molar-refractivity contribution >= 4 is 23.2 Å². The van der Waals surface area contributed by atoms with Crippen molar-refractivity contribution < 1.29 is 24.0 Å². The smallest absolute Gasteiger partial charge is 0.113 e. The van der Waals surface area contributed by atoms with E-state index in [9.17, 15) is 5.26 Å². The third-order valence-corrected chi connectivity index (χ3v) is 8.58. The highest BCUT2D eigenvalue weighted by atomic mass is 127. The number of hydrogen-bond acceptors (Lipinski definition) is 1. The second-order valence-electron chi connectivity index (χ2n) is 5.45. The Balaban J connectivity index is 0.00000208. The maximum atomic E-state index is 9.24. The molecule has 0 bridgehead atoms. The van der Waals surface area contributed by atoms with Gasteiger partial charge in [0.25, 0.3) is 0 Å². The van der Waals surface area contributed by atoms with Crippen molar-refractivity contribution in [3.63, 3.8) is 0 Å². The molecular weight excluding hydrogens is 424 g/mol. The largest absolute Gasteiger partial charge is 1.00 e. The first-order valence-electron chi connectivity index (χ1n) is 7.80. The summed E-state index contributed by atoms with van der Waals surface area (Å²) in [5, 5.41) is 13.3. The Kier molecular flexibility index (Phi) is 6.97. The molecule has 3 aromatic carbocycles. The lowest BCUT2D eigenvalue weighted by atomic mass is 10.4. The molecule has 0 fully saturated rings. The first-order valence-corrected chi connectivity index (χ1v) is 9.77. The zero-order valence-electron chi connectivity index (χ0n) is 13.3. The summed E-state index contributed by atoms with van der Waals surface area (Å²) in [6.45, 7) is 0. The molecule has 0 N–H and O–H groups in total. The molecule has 0 aromatic heterocycles. The number of rotatable bonds is 5. The minimum atomic E-state index is -1.79. The van der Waals surface area contributed by atoms with Crippen LogP contribution in [0.2, 0.25) is 0 Å².